The molecule has 1 amide bonds. The second kappa shape index (κ2) is 7.60. The average molecular weight is 282 g/mol. The van der Waals surface area contributed by atoms with Gasteiger partial charge in [-0.15, -0.1) is 0 Å². The zero-order valence-corrected chi connectivity index (χ0v) is 12.4. The number of rotatable bonds is 7. The Balaban J connectivity index is 2.00. The molecule has 0 saturated carbocycles. The van der Waals surface area contributed by atoms with Crippen LogP contribution in [0.3, 0.4) is 0 Å². The van der Waals surface area contributed by atoms with Crippen LogP contribution in [0.2, 0.25) is 0 Å². The van der Waals surface area contributed by atoms with Crippen LogP contribution in [0.15, 0.2) is 54.6 Å². The highest BCUT2D eigenvalue weighted by molar-refractivity contribution is 5.92. The lowest BCUT2D eigenvalue weighted by Gasteiger charge is -2.18. The second-order valence-corrected chi connectivity index (χ2v) is 5.19. The van der Waals surface area contributed by atoms with Crippen molar-refractivity contribution >= 4 is 5.91 Å². The van der Waals surface area contributed by atoms with Crippen LogP contribution in [0.5, 0.6) is 0 Å². The number of carbonyl (C=O) groups is 1. The highest BCUT2D eigenvalue weighted by atomic mass is 16.1. The molecule has 0 fully saturated rings. The zero-order valence-electron chi connectivity index (χ0n) is 12.4. The average Bonchev–Trinajstić information content (AvgIpc) is 2.52. The largest absolute Gasteiger partial charge is 0.366 e. The molecule has 0 aliphatic carbocycles. The van der Waals surface area contributed by atoms with Gasteiger partial charge in [-0.2, -0.15) is 0 Å². The predicted molar refractivity (Wildman–Crippen MR) is 85.9 cm³/mol. The molecule has 0 saturated heterocycles. The quantitative estimate of drug-likeness (QED) is 0.817. The number of nitrogens with two attached hydrogens (primary N) is 1. The number of hydrogen-bond acceptors (Lipinski definition) is 2. The third-order valence-electron chi connectivity index (χ3n) is 3.57. The standard InChI is InChI=1S/C18H22N2O/c1-2-6-17(15-7-4-3-5-8-15)20-13-14-9-11-16(12-10-14)18(19)21/h3-5,7-12,17,20H,2,6,13H2,1H3,(H2,19,21). The Morgan fingerprint density at radius 1 is 1.10 bits per heavy atom. The van der Waals surface area contributed by atoms with Gasteiger partial charge in [0.15, 0.2) is 0 Å². The van der Waals surface area contributed by atoms with Gasteiger partial charge in [0.25, 0.3) is 0 Å². The molecule has 0 aromatic heterocycles. The minimum atomic E-state index is -0.386. The summed E-state index contributed by atoms with van der Waals surface area (Å²) in [6.07, 6.45) is 2.23. The highest BCUT2D eigenvalue weighted by Gasteiger charge is 2.09. The first-order chi connectivity index (χ1) is 10.2. The molecule has 0 aliphatic rings. The Kier molecular flexibility index (Phi) is 5.52. The normalized spacial score (nSPS) is 12.0. The highest BCUT2D eigenvalue weighted by Crippen LogP contribution is 2.18. The van der Waals surface area contributed by atoms with E-state index in [-0.39, 0.29) is 5.91 Å². The molecule has 3 heteroatoms. The molecule has 21 heavy (non-hydrogen) atoms. The van der Waals surface area contributed by atoms with Crippen molar-refractivity contribution in [2.24, 2.45) is 5.73 Å². The van der Waals surface area contributed by atoms with Gasteiger partial charge in [-0.05, 0) is 29.7 Å². The summed E-state index contributed by atoms with van der Waals surface area (Å²) in [4.78, 5) is 11.1. The van der Waals surface area contributed by atoms with Crippen LogP contribution in [0.25, 0.3) is 0 Å². The number of primary amides is 1. The van der Waals surface area contributed by atoms with E-state index in [9.17, 15) is 4.79 Å². The molecular formula is C18H22N2O. The van der Waals surface area contributed by atoms with Crippen LogP contribution < -0.4 is 11.1 Å². The third kappa shape index (κ3) is 4.43. The lowest BCUT2D eigenvalue weighted by Crippen LogP contribution is -2.21. The number of amides is 1. The molecule has 1 atom stereocenters. The van der Waals surface area contributed by atoms with E-state index < -0.39 is 0 Å². The molecule has 1 unspecified atom stereocenters. The summed E-state index contributed by atoms with van der Waals surface area (Å²) in [6.45, 7) is 2.97. The minimum absolute atomic E-state index is 0.354. The van der Waals surface area contributed by atoms with E-state index in [2.05, 4.69) is 36.5 Å². The number of hydrogen-bond donors (Lipinski definition) is 2. The summed E-state index contributed by atoms with van der Waals surface area (Å²) in [5.74, 6) is -0.386. The summed E-state index contributed by atoms with van der Waals surface area (Å²) in [6, 6.07) is 18.3. The molecule has 0 aliphatic heterocycles. The summed E-state index contributed by atoms with van der Waals surface area (Å²) in [7, 11) is 0. The first kappa shape index (κ1) is 15.3. The molecule has 0 bridgehead atoms. The fourth-order valence-electron chi connectivity index (χ4n) is 2.39. The van der Waals surface area contributed by atoms with Crippen LogP contribution in [0, 0.1) is 0 Å². The zero-order chi connectivity index (χ0) is 15.1. The van der Waals surface area contributed by atoms with Crippen LogP contribution in [0.1, 0.15) is 47.3 Å². The Morgan fingerprint density at radius 2 is 1.76 bits per heavy atom. The van der Waals surface area contributed by atoms with E-state index in [0.29, 0.717) is 11.6 Å². The Morgan fingerprint density at radius 3 is 2.33 bits per heavy atom. The van der Waals surface area contributed by atoms with Crippen molar-refractivity contribution in [1.29, 1.82) is 0 Å². The Hall–Kier alpha value is -2.13. The first-order valence-electron chi connectivity index (χ1n) is 7.37. The van der Waals surface area contributed by atoms with Gasteiger partial charge in [-0.25, -0.2) is 0 Å². The van der Waals surface area contributed by atoms with Gasteiger partial charge in [0.2, 0.25) is 5.91 Å². The van der Waals surface area contributed by atoms with Crippen molar-refractivity contribution in [2.75, 3.05) is 0 Å². The fraction of sp³-hybridized carbons (Fsp3) is 0.278. The minimum Gasteiger partial charge on any atom is -0.366 e. The van der Waals surface area contributed by atoms with E-state index in [4.69, 9.17) is 5.73 Å². The van der Waals surface area contributed by atoms with Crippen LogP contribution >= 0.6 is 0 Å². The molecule has 2 aromatic carbocycles. The summed E-state index contributed by atoms with van der Waals surface area (Å²) < 4.78 is 0. The lowest BCUT2D eigenvalue weighted by atomic mass is 10.0. The number of benzene rings is 2. The fourth-order valence-corrected chi connectivity index (χ4v) is 2.39. The molecule has 3 nitrogen and oxygen atoms in total. The molecule has 2 rings (SSSR count). The maximum absolute atomic E-state index is 11.1. The van der Waals surface area contributed by atoms with Gasteiger partial charge < -0.3 is 11.1 Å². The van der Waals surface area contributed by atoms with E-state index >= 15 is 0 Å². The van der Waals surface area contributed by atoms with Crippen molar-refractivity contribution in [3.8, 4) is 0 Å². The van der Waals surface area contributed by atoms with Gasteiger partial charge >= 0.3 is 0 Å². The van der Waals surface area contributed by atoms with Crippen molar-refractivity contribution in [2.45, 2.75) is 32.4 Å². The van der Waals surface area contributed by atoms with Gasteiger partial charge in [0, 0.05) is 18.2 Å². The van der Waals surface area contributed by atoms with E-state index in [0.717, 1.165) is 24.9 Å². The van der Waals surface area contributed by atoms with Crippen LogP contribution in [-0.2, 0) is 6.54 Å². The second-order valence-electron chi connectivity index (χ2n) is 5.19. The first-order valence-corrected chi connectivity index (χ1v) is 7.37. The van der Waals surface area contributed by atoms with Crippen molar-refractivity contribution in [3.05, 3.63) is 71.3 Å². The van der Waals surface area contributed by atoms with Crippen molar-refractivity contribution < 1.29 is 4.79 Å². The molecule has 0 radical (unpaired) electrons. The molecule has 3 N–H and O–H groups in total. The Bertz CT molecular complexity index is 564. The molecule has 110 valence electrons. The summed E-state index contributed by atoms with van der Waals surface area (Å²) in [5, 5.41) is 3.59. The van der Waals surface area contributed by atoms with Crippen LogP contribution in [-0.4, -0.2) is 5.91 Å². The van der Waals surface area contributed by atoms with Crippen molar-refractivity contribution in [1.82, 2.24) is 5.32 Å². The Labute approximate surface area is 126 Å². The smallest absolute Gasteiger partial charge is 0.248 e. The van der Waals surface area contributed by atoms with Gasteiger partial charge in [0.05, 0.1) is 0 Å². The van der Waals surface area contributed by atoms with Crippen LogP contribution in [0.4, 0.5) is 0 Å². The number of nitrogens with one attached hydrogen (secondary N) is 1. The van der Waals surface area contributed by atoms with E-state index in [1.54, 1.807) is 12.1 Å². The SMILES string of the molecule is CCCC(NCc1ccc(C(N)=O)cc1)c1ccccc1. The van der Waals surface area contributed by atoms with Gasteiger partial charge in [0.1, 0.15) is 0 Å². The monoisotopic (exact) mass is 282 g/mol. The van der Waals surface area contributed by atoms with Gasteiger partial charge in [-0.1, -0.05) is 55.8 Å². The van der Waals surface area contributed by atoms with Crippen molar-refractivity contribution in [3.63, 3.8) is 0 Å². The maximum atomic E-state index is 11.1. The lowest BCUT2D eigenvalue weighted by molar-refractivity contribution is 0.100. The molecule has 0 heterocycles. The number of carbonyl (C=O) groups excluding carboxylic acids is 1. The maximum Gasteiger partial charge on any atom is 0.248 e. The molecule has 0 spiro atoms. The molecular weight excluding hydrogens is 260 g/mol. The topological polar surface area (TPSA) is 55.1 Å². The summed E-state index contributed by atoms with van der Waals surface area (Å²) in [5.41, 5.74) is 8.26. The van der Waals surface area contributed by atoms with E-state index in [1.165, 1.54) is 5.56 Å². The molecule has 2 aromatic rings. The third-order valence-corrected chi connectivity index (χ3v) is 3.57. The van der Waals surface area contributed by atoms with E-state index in [1.807, 2.05) is 18.2 Å². The summed E-state index contributed by atoms with van der Waals surface area (Å²) >= 11 is 0. The predicted octanol–water partition coefficient (Wildman–Crippen LogP) is 3.42. The van der Waals surface area contributed by atoms with Gasteiger partial charge in [-0.3, -0.25) is 4.79 Å².